The third-order valence-corrected chi connectivity index (χ3v) is 5.90. The van der Waals surface area contributed by atoms with E-state index in [9.17, 15) is 14.0 Å². The van der Waals surface area contributed by atoms with Crippen molar-refractivity contribution < 1.29 is 18.7 Å². The first-order valence-corrected chi connectivity index (χ1v) is 10.4. The van der Waals surface area contributed by atoms with Gasteiger partial charge in [-0.2, -0.15) is 0 Å². The number of esters is 1. The third kappa shape index (κ3) is 4.93. The zero-order valence-electron chi connectivity index (χ0n) is 16.0. The predicted octanol–water partition coefficient (Wildman–Crippen LogP) is 4.29. The summed E-state index contributed by atoms with van der Waals surface area (Å²) in [6, 6.07) is 14.9. The van der Waals surface area contributed by atoms with E-state index in [2.05, 4.69) is 0 Å². The van der Waals surface area contributed by atoms with Gasteiger partial charge in [-0.15, -0.1) is 11.8 Å². The summed E-state index contributed by atoms with van der Waals surface area (Å²) in [5, 5.41) is -0.166. The van der Waals surface area contributed by atoms with E-state index in [1.165, 1.54) is 23.8 Å². The molecule has 148 valence electrons. The Morgan fingerprint density at radius 2 is 1.93 bits per heavy atom. The highest BCUT2D eigenvalue weighted by molar-refractivity contribution is 8.00. The Kier molecular flexibility index (Phi) is 6.73. The number of amides is 1. The maximum absolute atomic E-state index is 13.6. The highest BCUT2D eigenvalue weighted by Crippen LogP contribution is 2.34. The maximum Gasteiger partial charge on any atom is 0.330 e. The quantitative estimate of drug-likeness (QED) is 0.678. The van der Waals surface area contributed by atoms with Gasteiger partial charge in [-0.25, -0.2) is 9.18 Å². The lowest BCUT2D eigenvalue weighted by Gasteiger charge is -2.29. The molecule has 0 saturated carbocycles. The molecule has 1 heterocycles. The minimum atomic E-state index is -0.663. The predicted molar refractivity (Wildman–Crippen MR) is 109 cm³/mol. The molecule has 0 N–H and O–H groups in total. The zero-order chi connectivity index (χ0) is 20.1. The Hall–Kier alpha value is -2.34. The van der Waals surface area contributed by atoms with Crippen LogP contribution < -0.4 is 0 Å². The van der Waals surface area contributed by atoms with Gasteiger partial charge in [0.2, 0.25) is 0 Å². The van der Waals surface area contributed by atoms with Crippen molar-refractivity contribution in [1.82, 2.24) is 4.90 Å². The summed E-state index contributed by atoms with van der Waals surface area (Å²) in [4.78, 5) is 27.3. The van der Waals surface area contributed by atoms with E-state index in [4.69, 9.17) is 4.74 Å². The van der Waals surface area contributed by atoms with E-state index in [1.54, 1.807) is 36.6 Å². The van der Waals surface area contributed by atoms with Crippen molar-refractivity contribution in [3.63, 3.8) is 0 Å². The number of hydrogen-bond acceptors (Lipinski definition) is 4. The second-order valence-corrected chi connectivity index (χ2v) is 8.25. The average Bonchev–Trinajstić information content (AvgIpc) is 3.10. The summed E-state index contributed by atoms with van der Waals surface area (Å²) >= 11 is 1.57. The molecule has 1 saturated heterocycles. The molecule has 4 nitrogen and oxygen atoms in total. The molecular formula is C22H24FNO3S. The van der Waals surface area contributed by atoms with E-state index in [-0.39, 0.29) is 22.9 Å². The van der Waals surface area contributed by atoms with Crippen molar-refractivity contribution in [2.24, 2.45) is 0 Å². The second kappa shape index (κ2) is 9.24. The molecule has 3 rings (SSSR count). The lowest BCUT2D eigenvalue weighted by atomic mass is 10.1. The molecule has 1 amide bonds. The summed E-state index contributed by atoms with van der Waals surface area (Å²) in [6.45, 7) is 3.57. The molecule has 0 spiro atoms. The first kappa shape index (κ1) is 20.4. The van der Waals surface area contributed by atoms with Gasteiger partial charge in [-0.1, -0.05) is 36.4 Å². The van der Waals surface area contributed by atoms with Crippen LogP contribution in [0, 0.1) is 5.82 Å². The molecule has 2 unspecified atom stereocenters. The number of ether oxygens (including phenoxy) is 1. The number of rotatable bonds is 6. The normalized spacial score (nSPS) is 19.1. The van der Waals surface area contributed by atoms with E-state index >= 15 is 0 Å². The van der Waals surface area contributed by atoms with E-state index in [0.717, 1.165) is 6.42 Å². The molecule has 2 atom stereocenters. The minimum absolute atomic E-state index is 0.166. The first-order valence-electron chi connectivity index (χ1n) is 9.40. The van der Waals surface area contributed by atoms with Gasteiger partial charge in [0, 0.05) is 11.3 Å². The van der Waals surface area contributed by atoms with Crippen LogP contribution >= 0.6 is 11.8 Å². The van der Waals surface area contributed by atoms with Crippen LogP contribution in [0.4, 0.5) is 4.39 Å². The van der Waals surface area contributed by atoms with E-state index < -0.39 is 17.8 Å². The van der Waals surface area contributed by atoms with E-state index in [1.807, 2.05) is 30.3 Å². The molecule has 0 bridgehead atoms. The van der Waals surface area contributed by atoms with Crippen LogP contribution in [0.3, 0.4) is 0 Å². The SMILES string of the molecule is CC(C)OC(=O)C1CSC(CCc2ccccc2)N1C(=O)c1cccc(F)c1. The molecule has 1 aliphatic heterocycles. The number of aryl methyl sites for hydroxylation is 1. The number of halogens is 1. The van der Waals surface area contributed by atoms with Crippen LogP contribution in [0.1, 0.15) is 36.2 Å². The van der Waals surface area contributed by atoms with E-state index in [0.29, 0.717) is 12.2 Å². The number of hydrogen-bond donors (Lipinski definition) is 0. The number of carbonyl (C=O) groups is 2. The standard InChI is InChI=1S/C22H24FNO3S/c1-15(2)27-22(26)19-14-28-20(12-11-16-7-4-3-5-8-16)24(19)21(25)17-9-6-10-18(23)13-17/h3-10,13,15,19-20H,11-12,14H2,1-2H3. The monoisotopic (exact) mass is 401 g/mol. The second-order valence-electron chi connectivity index (χ2n) is 7.04. The molecule has 1 fully saturated rings. The van der Waals surface area contributed by atoms with Gasteiger partial charge in [0.05, 0.1) is 11.5 Å². The van der Waals surface area contributed by atoms with Crippen molar-refractivity contribution in [2.45, 2.75) is 44.2 Å². The van der Waals surface area contributed by atoms with Crippen LogP contribution in [0.25, 0.3) is 0 Å². The van der Waals surface area contributed by atoms with Crippen molar-refractivity contribution >= 4 is 23.6 Å². The van der Waals surface area contributed by atoms with Gasteiger partial charge in [0.15, 0.2) is 0 Å². The van der Waals surface area contributed by atoms with Crippen LogP contribution in [0.5, 0.6) is 0 Å². The van der Waals surface area contributed by atoms with Crippen LogP contribution in [-0.4, -0.2) is 40.0 Å². The smallest absolute Gasteiger partial charge is 0.330 e. The lowest BCUT2D eigenvalue weighted by molar-refractivity contribution is -0.151. The van der Waals surface area contributed by atoms with Crippen LogP contribution in [-0.2, 0) is 16.0 Å². The Morgan fingerprint density at radius 1 is 1.18 bits per heavy atom. The van der Waals surface area contributed by atoms with Crippen molar-refractivity contribution in [1.29, 1.82) is 0 Å². The van der Waals surface area contributed by atoms with Gasteiger partial charge in [-0.05, 0) is 50.5 Å². The zero-order valence-corrected chi connectivity index (χ0v) is 16.8. The highest BCUT2D eigenvalue weighted by atomic mass is 32.2. The van der Waals surface area contributed by atoms with Crippen LogP contribution in [0.2, 0.25) is 0 Å². The van der Waals surface area contributed by atoms with Gasteiger partial charge >= 0.3 is 5.97 Å². The topological polar surface area (TPSA) is 46.6 Å². The molecule has 1 aliphatic rings. The molecule has 28 heavy (non-hydrogen) atoms. The highest BCUT2D eigenvalue weighted by Gasteiger charge is 2.42. The van der Waals surface area contributed by atoms with Crippen LogP contribution in [0.15, 0.2) is 54.6 Å². The molecule has 0 radical (unpaired) electrons. The summed E-state index contributed by atoms with van der Waals surface area (Å²) in [7, 11) is 0. The number of benzene rings is 2. The summed E-state index contributed by atoms with van der Waals surface area (Å²) in [6.07, 6.45) is 1.24. The number of carbonyl (C=O) groups excluding carboxylic acids is 2. The lowest BCUT2D eigenvalue weighted by Crippen LogP contribution is -2.47. The van der Waals surface area contributed by atoms with Gasteiger partial charge in [-0.3, -0.25) is 4.79 Å². The van der Waals surface area contributed by atoms with Crippen molar-refractivity contribution in [3.8, 4) is 0 Å². The fraction of sp³-hybridized carbons (Fsp3) is 0.364. The number of thioether (sulfide) groups is 1. The summed E-state index contributed by atoms with van der Waals surface area (Å²) in [5.74, 6) is -0.742. The fourth-order valence-corrected chi connectivity index (χ4v) is 4.65. The molecule has 0 aliphatic carbocycles. The van der Waals surface area contributed by atoms with Crippen molar-refractivity contribution in [2.75, 3.05) is 5.75 Å². The summed E-state index contributed by atoms with van der Waals surface area (Å²) in [5.41, 5.74) is 1.42. The number of nitrogens with zero attached hydrogens (tertiary/aromatic N) is 1. The molecule has 0 aromatic heterocycles. The van der Waals surface area contributed by atoms with Gasteiger partial charge < -0.3 is 9.64 Å². The molecule has 6 heteroatoms. The summed E-state index contributed by atoms with van der Waals surface area (Å²) < 4.78 is 19.0. The van der Waals surface area contributed by atoms with Gasteiger partial charge in [0.25, 0.3) is 5.91 Å². The van der Waals surface area contributed by atoms with Crippen molar-refractivity contribution in [3.05, 3.63) is 71.5 Å². The largest absolute Gasteiger partial charge is 0.461 e. The minimum Gasteiger partial charge on any atom is -0.461 e. The van der Waals surface area contributed by atoms with Gasteiger partial charge in [0.1, 0.15) is 11.9 Å². The molecular weight excluding hydrogens is 377 g/mol. The maximum atomic E-state index is 13.6. The Labute approximate surface area is 169 Å². The Balaban J connectivity index is 1.81. The molecule has 2 aromatic carbocycles. The Morgan fingerprint density at radius 3 is 2.61 bits per heavy atom. The fourth-order valence-electron chi connectivity index (χ4n) is 3.26. The average molecular weight is 402 g/mol. The molecule has 2 aromatic rings. The third-order valence-electron chi connectivity index (χ3n) is 4.55. The Bertz CT molecular complexity index is 828. The first-order chi connectivity index (χ1) is 13.5.